The molecule has 0 aliphatic carbocycles. The van der Waals surface area contributed by atoms with E-state index in [0.717, 1.165) is 11.3 Å². The van der Waals surface area contributed by atoms with Crippen LogP contribution in [0.15, 0.2) is 71.8 Å². The van der Waals surface area contributed by atoms with Crippen molar-refractivity contribution in [3.63, 3.8) is 0 Å². The van der Waals surface area contributed by atoms with Crippen molar-refractivity contribution in [2.45, 2.75) is 6.92 Å². The number of methoxy groups -OCH3 is 1. The van der Waals surface area contributed by atoms with Crippen LogP contribution in [-0.2, 0) is 4.79 Å². The summed E-state index contributed by atoms with van der Waals surface area (Å²) in [5.74, 6) is -0.313. The number of aryl methyl sites for hydroxylation is 1. The molecule has 0 unspecified atom stereocenters. The summed E-state index contributed by atoms with van der Waals surface area (Å²) in [6.07, 6.45) is 1.47. The highest BCUT2D eigenvalue weighted by Gasteiger charge is 2.15. The largest absolute Gasteiger partial charge is 0.493 e. The van der Waals surface area contributed by atoms with Gasteiger partial charge in [0.15, 0.2) is 11.5 Å². The lowest BCUT2D eigenvalue weighted by atomic mass is 10.2. The number of anilines is 1. The van der Waals surface area contributed by atoms with Crippen molar-refractivity contribution < 1.29 is 19.1 Å². The molecule has 164 valence electrons. The van der Waals surface area contributed by atoms with E-state index in [0.29, 0.717) is 16.3 Å². The van der Waals surface area contributed by atoms with Crippen molar-refractivity contribution in [2.24, 2.45) is 5.10 Å². The zero-order chi connectivity index (χ0) is 22.9. The number of nitrogens with one attached hydrogen (secondary N) is 2. The number of halogens is 1. The summed E-state index contributed by atoms with van der Waals surface area (Å²) in [4.78, 5) is 24.3. The van der Waals surface area contributed by atoms with E-state index in [2.05, 4.69) is 15.8 Å². The van der Waals surface area contributed by atoms with Gasteiger partial charge >= 0.3 is 5.97 Å². The average molecular weight is 452 g/mol. The van der Waals surface area contributed by atoms with Gasteiger partial charge in [0.1, 0.15) is 0 Å². The molecule has 2 N–H and O–H groups in total. The molecule has 0 aliphatic heterocycles. The van der Waals surface area contributed by atoms with E-state index in [1.807, 2.05) is 31.2 Å². The maximum atomic E-state index is 12.4. The molecule has 8 heteroatoms. The second kappa shape index (κ2) is 11.0. The van der Waals surface area contributed by atoms with Crippen LogP contribution in [0.5, 0.6) is 11.5 Å². The summed E-state index contributed by atoms with van der Waals surface area (Å²) in [5.41, 5.74) is 5.31. The van der Waals surface area contributed by atoms with Gasteiger partial charge in [-0.2, -0.15) is 5.10 Å². The van der Waals surface area contributed by atoms with Gasteiger partial charge in [0.2, 0.25) is 0 Å². The molecule has 0 spiro atoms. The lowest BCUT2D eigenvalue weighted by Gasteiger charge is -2.10. The number of hydrazone groups is 1. The third-order valence-electron chi connectivity index (χ3n) is 4.36. The van der Waals surface area contributed by atoms with Gasteiger partial charge < -0.3 is 14.8 Å². The number of rotatable bonds is 8. The molecule has 0 saturated heterocycles. The zero-order valence-corrected chi connectivity index (χ0v) is 18.3. The fourth-order valence-electron chi connectivity index (χ4n) is 2.79. The molecule has 0 aromatic heterocycles. The Morgan fingerprint density at radius 1 is 1.03 bits per heavy atom. The van der Waals surface area contributed by atoms with Gasteiger partial charge in [-0.25, -0.2) is 10.2 Å². The van der Waals surface area contributed by atoms with Crippen molar-refractivity contribution in [3.05, 3.63) is 88.4 Å². The van der Waals surface area contributed by atoms with Crippen molar-refractivity contribution in [3.8, 4) is 11.5 Å². The summed E-state index contributed by atoms with van der Waals surface area (Å²) < 4.78 is 10.7. The Balaban J connectivity index is 1.58. The van der Waals surface area contributed by atoms with Crippen LogP contribution in [0, 0.1) is 6.92 Å². The average Bonchev–Trinajstić information content (AvgIpc) is 2.79. The first-order chi connectivity index (χ1) is 15.5. The number of ether oxygens (including phenoxy) is 2. The Hall–Kier alpha value is -3.84. The Kier molecular flexibility index (Phi) is 7.83. The molecule has 7 nitrogen and oxygen atoms in total. The number of carbonyl (C=O) groups is 2. The third kappa shape index (κ3) is 6.33. The van der Waals surface area contributed by atoms with Gasteiger partial charge in [0, 0.05) is 5.69 Å². The van der Waals surface area contributed by atoms with Gasteiger partial charge in [0.05, 0.1) is 30.5 Å². The number of hydrogen-bond donors (Lipinski definition) is 2. The predicted octanol–water partition coefficient (Wildman–Crippen LogP) is 4.44. The third-order valence-corrected chi connectivity index (χ3v) is 4.69. The summed E-state index contributed by atoms with van der Waals surface area (Å²) in [7, 11) is 1.46. The topological polar surface area (TPSA) is 89.0 Å². The van der Waals surface area contributed by atoms with E-state index in [1.165, 1.54) is 13.3 Å². The first-order valence-corrected chi connectivity index (χ1v) is 10.1. The Bertz CT molecular complexity index is 1150. The first kappa shape index (κ1) is 22.8. The van der Waals surface area contributed by atoms with Crippen LogP contribution in [0.25, 0.3) is 0 Å². The monoisotopic (exact) mass is 451 g/mol. The molecule has 3 rings (SSSR count). The van der Waals surface area contributed by atoms with Gasteiger partial charge in [-0.1, -0.05) is 35.9 Å². The minimum Gasteiger partial charge on any atom is -0.493 e. The highest BCUT2D eigenvalue weighted by Crippen LogP contribution is 2.29. The van der Waals surface area contributed by atoms with Crippen LogP contribution in [-0.4, -0.2) is 31.7 Å². The number of amides is 1. The second-order valence-electron chi connectivity index (χ2n) is 6.80. The lowest BCUT2D eigenvalue weighted by molar-refractivity contribution is -0.119. The molecular formula is C24H22ClN3O4. The maximum absolute atomic E-state index is 12.4. The van der Waals surface area contributed by atoms with Gasteiger partial charge in [-0.15, -0.1) is 0 Å². The van der Waals surface area contributed by atoms with Crippen LogP contribution >= 0.6 is 11.6 Å². The normalized spacial score (nSPS) is 10.6. The van der Waals surface area contributed by atoms with Gasteiger partial charge in [0.25, 0.3) is 5.91 Å². The molecule has 0 heterocycles. The van der Waals surface area contributed by atoms with E-state index in [1.54, 1.807) is 42.5 Å². The Morgan fingerprint density at radius 2 is 1.84 bits per heavy atom. The fourth-order valence-corrected chi connectivity index (χ4v) is 3.00. The minimum absolute atomic E-state index is 0.0844. The maximum Gasteiger partial charge on any atom is 0.345 e. The van der Waals surface area contributed by atoms with Crippen molar-refractivity contribution in [2.75, 3.05) is 19.0 Å². The number of esters is 1. The highest BCUT2D eigenvalue weighted by atomic mass is 35.5. The molecule has 0 saturated carbocycles. The zero-order valence-electron chi connectivity index (χ0n) is 17.6. The number of benzene rings is 3. The van der Waals surface area contributed by atoms with Crippen LogP contribution in [0.2, 0.25) is 5.02 Å². The molecule has 0 fully saturated rings. The molecule has 32 heavy (non-hydrogen) atoms. The van der Waals surface area contributed by atoms with Crippen LogP contribution in [0.3, 0.4) is 0 Å². The smallest absolute Gasteiger partial charge is 0.345 e. The quantitative estimate of drug-likeness (QED) is 0.229. The van der Waals surface area contributed by atoms with Gasteiger partial charge in [-0.05, 0) is 60.5 Å². The molecule has 3 aromatic rings. The number of hydrogen-bond acceptors (Lipinski definition) is 6. The van der Waals surface area contributed by atoms with Crippen LogP contribution in [0.4, 0.5) is 5.69 Å². The van der Waals surface area contributed by atoms with E-state index in [4.69, 9.17) is 21.1 Å². The minimum atomic E-state index is -0.594. The van der Waals surface area contributed by atoms with E-state index < -0.39 is 5.97 Å². The fraction of sp³-hybridized carbons (Fsp3) is 0.125. The van der Waals surface area contributed by atoms with Crippen LogP contribution in [0.1, 0.15) is 21.5 Å². The first-order valence-electron chi connectivity index (χ1n) is 9.73. The van der Waals surface area contributed by atoms with Crippen molar-refractivity contribution in [1.29, 1.82) is 0 Å². The van der Waals surface area contributed by atoms with E-state index >= 15 is 0 Å². The molecular weight excluding hydrogens is 430 g/mol. The molecule has 3 aromatic carbocycles. The summed E-state index contributed by atoms with van der Waals surface area (Å²) in [5, 5.41) is 7.28. The van der Waals surface area contributed by atoms with E-state index in [-0.39, 0.29) is 23.8 Å². The second-order valence-corrected chi connectivity index (χ2v) is 7.20. The molecule has 0 aliphatic rings. The Morgan fingerprint density at radius 3 is 2.59 bits per heavy atom. The van der Waals surface area contributed by atoms with Gasteiger partial charge in [-0.3, -0.25) is 4.79 Å². The van der Waals surface area contributed by atoms with E-state index in [9.17, 15) is 9.59 Å². The number of nitrogens with zero attached hydrogens (tertiary/aromatic N) is 1. The van der Waals surface area contributed by atoms with Crippen molar-refractivity contribution in [1.82, 2.24) is 5.43 Å². The highest BCUT2D eigenvalue weighted by molar-refractivity contribution is 6.33. The summed E-state index contributed by atoms with van der Waals surface area (Å²) in [6, 6.07) is 19.2. The molecule has 0 radical (unpaired) electrons. The Labute approximate surface area is 191 Å². The summed E-state index contributed by atoms with van der Waals surface area (Å²) >= 11 is 6.04. The standard InChI is InChI=1S/C24H22ClN3O4/c1-16-6-5-7-18(12-16)26-15-23(29)28-27-14-17-10-11-21(22(13-17)31-2)32-24(30)19-8-3-4-9-20(19)25/h3-14,26H,15H2,1-2H3,(H,28,29)/b27-14+. The van der Waals surface area contributed by atoms with Crippen molar-refractivity contribution >= 4 is 35.4 Å². The molecule has 0 atom stereocenters. The predicted molar refractivity (Wildman–Crippen MR) is 125 cm³/mol. The SMILES string of the molecule is COc1cc(/C=N/NC(=O)CNc2cccc(C)c2)ccc1OC(=O)c1ccccc1Cl. The molecule has 0 bridgehead atoms. The number of carbonyl (C=O) groups excluding carboxylic acids is 2. The molecule has 1 amide bonds. The lowest BCUT2D eigenvalue weighted by Crippen LogP contribution is -2.25. The summed E-state index contributed by atoms with van der Waals surface area (Å²) in [6.45, 7) is 2.06. The van der Waals surface area contributed by atoms with Crippen LogP contribution < -0.4 is 20.2 Å².